The standard InChI is InChI=1S/C11H14N4/c1-2-5-13-11-8-10(14-15-11)9-3-6-12-7-4-9/h3-4,6-8H,2,5H2,1H3,(H2,13,14,15). The summed E-state index contributed by atoms with van der Waals surface area (Å²) in [6, 6.07) is 5.92. The monoisotopic (exact) mass is 202 g/mol. The third-order valence-corrected chi connectivity index (χ3v) is 2.13. The van der Waals surface area contributed by atoms with Gasteiger partial charge in [-0.3, -0.25) is 10.1 Å². The molecule has 0 bridgehead atoms. The second kappa shape index (κ2) is 4.59. The fourth-order valence-corrected chi connectivity index (χ4v) is 1.34. The summed E-state index contributed by atoms with van der Waals surface area (Å²) in [5, 5.41) is 10.4. The van der Waals surface area contributed by atoms with Crippen LogP contribution in [0.25, 0.3) is 11.3 Å². The largest absolute Gasteiger partial charge is 0.369 e. The third-order valence-electron chi connectivity index (χ3n) is 2.13. The molecule has 0 aliphatic heterocycles. The van der Waals surface area contributed by atoms with Gasteiger partial charge in [0.25, 0.3) is 0 Å². The van der Waals surface area contributed by atoms with Crippen molar-refractivity contribution in [1.82, 2.24) is 15.2 Å². The molecule has 0 fully saturated rings. The zero-order valence-corrected chi connectivity index (χ0v) is 8.70. The van der Waals surface area contributed by atoms with Gasteiger partial charge in [-0.15, -0.1) is 0 Å². The zero-order valence-electron chi connectivity index (χ0n) is 8.70. The molecule has 0 amide bonds. The molecule has 4 nitrogen and oxygen atoms in total. The Bertz CT molecular complexity index is 408. The Labute approximate surface area is 88.8 Å². The first-order chi connectivity index (χ1) is 7.40. The highest BCUT2D eigenvalue weighted by Gasteiger charge is 2.01. The summed E-state index contributed by atoms with van der Waals surface area (Å²) in [5.41, 5.74) is 2.11. The van der Waals surface area contributed by atoms with Gasteiger partial charge >= 0.3 is 0 Å². The fourth-order valence-electron chi connectivity index (χ4n) is 1.34. The molecule has 2 aromatic heterocycles. The first kappa shape index (κ1) is 9.71. The van der Waals surface area contributed by atoms with Crippen LogP contribution in [0.1, 0.15) is 13.3 Å². The van der Waals surface area contributed by atoms with Crippen LogP contribution in [0.2, 0.25) is 0 Å². The van der Waals surface area contributed by atoms with Crippen LogP contribution in [0.4, 0.5) is 5.82 Å². The van der Waals surface area contributed by atoms with Crippen molar-refractivity contribution in [3.05, 3.63) is 30.6 Å². The number of aromatic nitrogens is 3. The molecule has 0 radical (unpaired) electrons. The van der Waals surface area contributed by atoms with Crippen molar-refractivity contribution in [3.8, 4) is 11.3 Å². The highest BCUT2D eigenvalue weighted by atomic mass is 15.2. The van der Waals surface area contributed by atoms with E-state index in [1.165, 1.54) is 0 Å². The molecule has 0 aliphatic rings. The maximum absolute atomic E-state index is 4.17. The smallest absolute Gasteiger partial charge is 0.148 e. The van der Waals surface area contributed by atoms with Gasteiger partial charge in [0.15, 0.2) is 0 Å². The normalized spacial score (nSPS) is 10.2. The van der Waals surface area contributed by atoms with Crippen molar-refractivity contribution in [1.29, 1.82) is 0 Å². The van der Waals surface area contributed by atoms with E-state index in [0.29, 0.717) is 0 Å². The van der Waals surface area contributed by atoms with Gasteiger partial charge < -0.3 is 5.32 Å². The van der Waals surface area contributed by atoms with E-state index >= 15 is 0 Å². The number of anilines is 1. The number of hydrogen-bond acceptors (Lipinski definition) is 3. The number of hydrogen-bond donors (Lipinski definition) is 2. The summed E-state index contributed by atoms with van der Waals surface area (Å²) in [6.45, 7) is 3.07. The first-order valence-corrected chi connectivity index (χ1v) is 5.10. The van der Waals surface area contributed by atoms with Crippen LogP contribution in [0.5, 0.6) is 0 Å². The second-order valence-electron chi connectivity index (χ2n) is 3.33. The maximum Gasteiger partial charge on any atom is 0.148 e. The van der Waals surface area contributed by atoms with Gasteiger partial charge in [-0.2, -0.15) is 5.10 Å². The molecule has 2 heterocycles. The number of nitrogens with one attached hydrogen (secondary N) is 2. The van der Waals surface area contributed by atoms with E-state index in [9.17, 15) is 0 Å². The summed E-state index contributed by atoms with van der Waals surface area (Å²) in [7, 11) is 0. The minimum Gasteiger partial charge on any atom is -0.369 e. The molecule has 0 spiro atoms. The predicted molar refractivity (Wildman–Crippen MR) is 60.6 cm³/mol. The number of H-pyrrole nitrogens is 1. The predicted octanol–water partition coefficient (Wildman–Crippen LogP) is 2.29. The summed E-state index contributed by atoms with van der Waals surface area (Å²) in [5.74, 6) is 0.892. The van der Waals surface area contributed by atoms with Gasteiger partial charge in [-0.05, 0) is 18.6 Å². The van der Waals surface area contributed by atoms with Crippen LogP contribution < -0.4 is 5.32 Å². The minimum absolute atomic E-state index is 0.892. The summed E-state index contributed by atoms with van der Waals surface area (Å²) < 4.78 is 0. The van der Waals surface area contributed by atoms with Crippen LogP contribution in [0, 0.1) is 0 Å². The lowest BCUT2D eigenvalue weighted by Gasteiger charge is -1.96. The number of nitrogens with zero attached hydrogens (tertiary/aromatic N) is 2. The lowest BCUT2D eigenvalue weighted by molar-refractivity contribution is 0.961. The van der Waals surface area contributed by atoms with E-state index in [1.807, 2.05) is 18.2 Å². The quantitative estimate of drug-likeness (QED) is 0.799. The van der Waals surface area contributed by atoms with Crippen LogP contribution >= 0.6 is 0 Å². The van der Waals surface area contributed by atoms with Gasteiger partial charge in [-0.1, -0.05) is 6.92 Å². The van der Waals surface area contributed by atoms with Crippen molar-refractivity contribution in [3.63, 3.8) is 0 Å². The molecular weight excluding hydrogens is 188 g/mol. The molecule has 2 rings (SSSR count). The van der Waals surface area contributed by atoms with Gasteiger partial charge in [0, 0.05) is 30.6 Å². The summed E-state index contributed by atoms with van der Waals surface area (Å²) in [6.07, 6.45) is 4.64. The number of pyridine rings is 1. The summed E-state index contributed by atoms with van der Waals surface area (Å²) >= 11 is 0. The van der Waals surface area contributed by atoms with Crippen molar-refractivity contribution in [2.45, 2.75) is 13.3 Å². The molecule has 0 unspecified atom stereocenters. The number of rotatable bonds is 4. The van der Waals surface area contributed by atoms with Gasteiger partial charge in [0.05, 0.1) is 5.69 Å². The average molecular weight is 202 g/mol. The lowest BCUT2D eigenvalue weighted by Crippen LogP contribution is -1.99. The van der Waals surface area contributed by atoms with Crippen LogP contribution in [0.15, 0.2) is 30.6 Å². The Morgan fingerprint density at radius 2 is 2.13 bits per heavy atom. The molecule has 2 aromatic rings. The molecular formula is C11H14N4. The Balaban J connectivity index is 2.14. The van der Waals surface area contributed by atoms with Crippen LogP contribution in [-0.4, -0.2) is 21.7 Å². The minimum atomic E-state index is 0.892. The highest BCUT2D eigenvalue weighted by molar-refractivity contribution is 5.61. The van der Waals surface area contributed by atoms with Crippen molar-refractivity contribution in [2.24, 2.45) is 0 Å². The molecule has 78 valence electrons. The van der Waals surface area contributed by atoms with E-state index in [-0.39, 0.29) is 0 Å². The summed E-state index contributed by atoms with van der Waals surface area (Å²) in [4.78, 5) is 3.98. The van der Waals surface area contributed by atoms with Crippen LogP contribution in [0.3, 0.4) is 0 Å². The Morgan fingerprint density at radius 1 is 1.33 bits per heavy atom. The van der Waals surface area contributed by atoms with Crippen molar-refractivity contribution >= 4 is 5.82 Å². The van der Waals surface area contributed by atoms with E-state index < -0.39 is 0 Å². The Kier molecular flexibility index (Phi) is 2.97. The molecule has 4 heteroatoms. The van der Waals surface area contributed by atoms with Crippen molar-refractivity contribution in [2.75, 3.05) is 11.9 Å². The fraction of sp³-hybridized carbons (Fsp3) is 0.273. The van der Waals surface area contributed by atoms with E-state index in [4.69, 9.17) is 0 Å². The van der Waals surface area contributed by atoms with Gasteiger partial charge in [0.1, 0.15) is 5.82 Å². The Hall–Kier alpha value is -1.84. The molecule has 0 aromatic carbocycles. The lowest BCUT2D eigenvalue weighted by atomic mass is 10.2. The second-order valence-corrected chi connectivity index (χ2v) is 3.33. The van der Waals surface area contributed by atoms with E-state index in [2.05, 4.69) is 27.4 Å². The molecule has 0 saturated heterocycles. The van der Waals surface area contributed by atoms with E-state index in [1.54, 1.807) is 12.4 Å². The topological polar surface area (TPSA) is 53.6 Å². The highest BCUT2D eigenvalue weighted by Crippen LogP contribution is 2.18. The van der Waals surface area contributed by atoms with Gasteiger partial charge in [0.2, 0.25) is 0 Å². The molecule has 2 N–H and O–H groups in total. The van der Waals surface area contributed by atoms with Crippen LogP contribution in [-0.2, 0) is 0 Å². The van der Waals surface area contributed by atoms with E-state index in [0.717, 1.165) is 30.0 Å². The zero-order chi connectivity index (χ0) is 10.5. The molecule has 0 saturated carbocycles. The average Bonchev–Trinajstić information content (AvgIpc) is 2.76. The van der Waals surface area contributed by atoms with Gasteiger partial charge in [-0.25, -0.2) is 0 Å². The third kappa shape index (κ3) is 2.34. The SMILES string of the molecule is CCCNc1cc(-c2ccncc2)[nH]n1. The maximum atomic E-state index is 4.17. The number of aromatic amines is 1. The Morgan fingerprint density at radius 3 is 2.87 bits per heavy atom. The molecule has 15 heavy (non-hydrogen) atoms. The molecule has 0 aliphatic carbocycles. The molecule has 0 atom stereocenters. The first-order valence-electron chi connectivity index (χ1n) is 5.10. The van der Waals surface area contributed by atoms with Crippen molar-refractivity contribution < 1.29 is 0 Å².